The number of hydrogen-bond donors (Lipinski definition) is 2. The largest absolute Gasteiger partial charge is 0.489 e. The summed E-state index contributed by atoms with van der Waals surface area (Å²) in [7, 11) is 0. The van der Waals surface area contributed by atoms with E-state index >= 15 is 0 Å². The molecule has 0 radical (unpaired) electrons. The van der Waals surface area contributed by atoms with Crippen molar-refractivity contribution in [3.05, 3.63) is 64.7 Å². The van der Waals surface area contributed by atoms with E-state index < -0.39 is 0 Å². The van der Waals surface area contributed by atoms with Gasteiger partial charge in [0.15, 0.2) is 5.84 Å². The maximum atomic E-state index is 8.55. The van der Waals surface area contributed by atoms with Crippen molar-refractivity contribution >= 4 is 17.4 Å². The molecule has 3 N–H and O–H groups in total. The number of nitrogens with two attached hydrogens (primary N) is 1. The lowest BCUT2D eigenvalue weighted by Gasteiger charge is -2.07. The number of hydrogen-bond acceptors (Lipinski definition) is 3. The van der Waals surface area contributed by atoms with E-state index in [1.165, 1.54) is 0 Å². The minimum Gasteiger partial charge on any atom is -0.489 e. The zero-order valence-electron chi connectivity index (χ0n) is 10.1. The fourth-order valence-corrected chi connectivity index (χ4v) is 1.79. The van der Waals surface area contributed by atoms with Gasteiger partial charge in [-0.2, -0.15) is 0 Å². The van der Waals surface area contributed by atoms with Crippen molar-refractivity contribution in [3.63, 3.8) is 0 Å². The normalized spacial score (nSPS) is 11.3. The Morgan fingerprint density at radius 3 is 2.58 bits per heavy atom. The van der Waals surface area contributed by atoms with Gasteiger partial charge in [-0.3, -0.25) is 0 Å². The Morgan fingerprint density at radius 1 is 1.21 bits per heavy atom. The molecule has 0 unspecified atom stereocenters. The van der Waals surface area contributed by atoms with Crippen LogP contribution in [0.15, 0.2) is 53.7 Å². The lowest BCUT2D eigenvalue weighted by Crippen LogP contribution is -2.12. The van der Waals surface area contributed by atoms with Crippen molar-refractivity contribution in [2.24, 2.45) is 10.9 Å². The average Bonchev–Trinajstić information content (AvgIpc) is 2.45. The van der Waals surface area contributed by atoms with Gasteiger partial charge in [-0.25, -0.2) is 0 Å². The number of nitrogens with zero attached hydrogens (tertiary/aromatic N) is 1. The number of amidine groups is 1. The zero-order valence-corrected chi connectivity index (χ0v) is 10.8. The molecule has 0 heterocycles. The maximum Gasteiger partial charge on any atom is 0.170 e. The molecule has 2 rings (SSSR count). The number of halogens is 1. The molecular weight excluding hydrogens is 264 g/mol. The summed E-state index contributed by atoms with van der Waals surface area (Å²) in [6.45, 7) is 0.434. The van der Waals surface area contributed by atoms with Crippen molar-refractivity contribution in [1.29, 1.82) is 0 Å². The van der Waals surface area contributed by atoms with Crippen molar-refractivity contribution in [2.75, 3.05) is 0 Å². The second-order valence-corrected chi connectivity index (χ2v) is 4.36. The molecule has 0 aliphatic rings. The Bertz CT molecular complexity index is 582. The number of oxime groups is 1. The van der Waals surface area contributed by atoms with Gasteiger partial charge in [0.25, 0.3) is 0 Å². The van der Waals surface area contributed by atoms with Gasteiger partial charge < -0.3 is 15.7 Å². The summed E-state index contributed by atoms with van der Waals surface area (Å²) in [5.41, 5.74) is 7.10. The van der Waals surface area contributed by atoms with E-state index in [4.69, 9.17) is 27.3 Å². The van der Waals surface area contributed by atoms with Crippen LogP contribution in [0.5, 0.6) is 5.75 Å². The third kappa shape index (κ3) is 3.63. The third-order valence-electron chi connectivity index (χ3n) is 2.55. The summed E-state index contributed by atoms with van der Waals surface area (Å²) in [6.07, 6.45) is 0. The smallest absolute Gasteiger partial charge is 0.170 e. The molecule has 0 saturated heterocycles. The SMILES string of the molecule is NC(=NO)c1ccc(OCc2cccc(Cl)c2)cc1. The van der Waals surface area contributed by atoms with Crippen LogP contribution in [0.2, 0.25) is 5.02 Å². The van der Waals surface area contributed by atoms with Gasteiger partial charge in [-0.1, -0.05) is 28.9 Å². The van der Waals surface area contributed by atoms with Crippen LogP contribution in [0.25, 0.3) is 0 Å². The first kappa shape index (κ1) is 13.2. The van der Waals surface area contributed by atoms with Gasteiger partial charge in [0.2, 0.25) is 0 Å². The first-order chi connectivity index (χ1) is 9.19. The van der Waals surface area contributed by atoms with Gasteiger partial charge in [-0.05, 0) is 42.0 Å². The van der Waals surface area contributed by atoms with E-state index in [9.17, 15) is 0 Å². The number of benzene rings is 2. The van der Waals surface area contributed by atoms with Crippen LogP contribution in [-0.4, -0.2) is 11.0 Å². The number of rotatable bonds is 4. The zero-order chi connectivity index (χ0) is 13.7. The summed E-state index contributed by atoms with van der Waals surface area (Å²) < 4.78 is 5.61. The first-order valence-corrected chi connectivity index (χ1v) is 6.02. The second kappa shape index (κ2) is 6.11. The Labute approximate surface area is 116 Å². The van der Waals surface area contributed by atoms with Gasteiger partial charge in [0.1, 0.15) is 12.4 Å². The van der Waals surface area contributed by atoms with E-state index in [0.717, 1.165) is 5.56 Å². The van der Waals surface area contributed by atoms with Crippen LogP contribution in [0.4, 0.5) is 0 Å². The average molecular weight is 277 g/mol. The molecular formula is C14H13ClN2O2. The van der Waals surface area contributed by atoms with Crippen molar-refractivity contribution in [2.45, 2.75) is 6.61 Å². The first-order valence-electron chi connectivity index (χ1n) is 5.64. The van der Waals surface area contributed by atoms with Crippen LogP contribution < -0.4 is 10.5 Å². The van der Waals surface area contributed by atoms with Gasteiger partial charge in [0.05, 0.1) is 0 Å². The highest BCUT2D eigenvalue weighted by Crippen LogP contribution is 2.16. The van der Waals surface area contributed by atoms with Crippen molar-refractivity contribution in [3.8, 4) is 5.75 Å². The highest BCUT2D eigenvalue weighted by Gasteiger charge is 2.00. The molecule has 0 fully saturated rings. The minimum absolute atomic E-state index is 0.0707. The molecule has 4 nitrogen and oxygen atoms in total. The molecule has 5 heteroatoms. The quantitative estimate of drug-likeness (QED) is 0.390. The Morgan fingerprint density at radius 2 is 1.95 bits per heavy atom. The van der Waals surface area contributed by atoms with Crippen LogP contribution >= 0.6 is 11.6 Å². The van der Waals surface area contributed by atoms with Crippen molar-refractivity contribution < 1.29 is 9.94 Å². The lowest BCUT2D eigenvalue weighted by atomic mass is 10.2. The molecule has 98 valence electrons. The molecule has 0 aliphatic carbocycles. The van der Waals surface area contributed by atoms with Crippen LogP contribution in [0.1, 0.15) is 11.1 Å². The Kier molecular flexibility index (Phi) is 4.26. The molecule has 0 atom stereocenters. The molecule has 2 aromatic carbocycles. The molecule has 0 aromatic heterocycles. The third-order valence-corrected chi connectivity index (χ3v) is 2.79. The fraction of sp³-hybridized carbons (Fsp3) is 0.0714. The topological polar surface area (TPSA) is 67.8 Å². The summed E-state index contributed by atoms with van der Waals surface area (Å²) in [6, 6.07) is 14.5. The standard InChI is InChI=1S/C14H13ClN2O2/c15-12-3-1-2-10(8-12)9-19-13-6-4-11(5-7-13)14(16)17-18/h1-8,18H,9H2,(H2,16,17). The van der Waals surface area contributed by atoms with E-state index in [1.807, 2.05) is 24.3 Å². The molecule has 0 spiro atoms. The van der Waals surface area contributed by atoms with E-state index in [1.54, 1.807) is 24.3 Å². The minimum atomic E-state index is 0.0707. The summed E-state index contributed by atoms with van der Waals surface area (Å²) >= 11 is 5.89. The molecule has 0 bridgehead atoms. The molecule has 0 aliphatic heterocycles. The molecule has 0 saturated carbocycles. The second-order valence-electron chi connectivity index (χ2n) is 3.93. The van der Waals surface area contributed by atoms with Gasteiger partial charge in [-0.15, -0.1) is 0 Å². The highest BCUT2D eigenvalue weighted by molar-refractivity contribution is 6.30. The van der Waals surface area contributed by atoms with Crippen LogP contribution in [-0.2, 0) is 6.61 Å². The summed E-state index contributed by atoms with van der Waals surface area (Å²) in [5.74, 6) is 0.774. The van der Waals surface area contributed by atoms with Gasteiger partial charge in [0, 0.05) is 10.6 Å². The summed E-state index contributed by atoms with van der Waals surface area (Å²) in [4.78, 5) is 0. The highest BCUT2D eigenvalue weighted by atomic mass is 35.5. The predicted octanol–water partition coefficient (Wildman–Crippen LogP) is 3.01. The number of ether oxygens (including phenoxy) is 1. The monoisotopic (exact) mass is 276 g/mol. The predicted molar refractivity (Wildman–Crippen MR) is 74.7 cm³/mol. The Balaban J connectivity index is 2.00. The van der Waals surface area contributed by atoms with E-state index in [0.29, 0.717) is 22.9 Å². The van der Waals surface area contributed by atoms with Gasteiger partial charge >= 0.3 is 0 Å². The lowest BCUT2D eigenvalue weighted by molar-refractivity contribution is 0.306. The Hall–Kier alpha value is -2.20. The van der Waals surface area contributed by atoms with Crippen LogP contribution in [0, 0.1) is 0 Å². The maximum absolute atomic E-state index is 8.55. The molecule has 2 aromatic rings. The van der Waals surface area contributed by atoms with E-state index in [2.05, 4.69) is 5.16 Å². The van der Waals surface area contributed by atoms with Crippen molar-refractivity contribution in [1.82, 2.24) is 0 Å². The molecule has 0 amide bonds. The fourth-order valence-electron chi connectivity index (χ4n) is 1.57. The molecule has 19 heavy (non-hydrogen) atoms. The van der Waals surface area contributed by atoms with E-state index in [-0.39, 0.29) is 5.84 Å². The summed E-state index contributed by atoms with van der Waals surface area (Å²) in [5, 5.41) is 12.2. The van der Waals surface area contributed by atoms with Crippen LogP contribution in [0.3, 0.4) is 0 Å².